The second-order valence-electron chi connectivity index (χ2n) is 6.90. The zero-order chi connectivity index (χ0) is 20.9. The number of rotatable bonds is 7. The van der Waals surface area contributed by atoms with E-state index in [1.54, 1.807) is 24.3 Å². The molecule has 0 fully saturated rings. The molecule has 0 aliphatic rings. The topological polar surface area (TPSA) is 64.4 Å². The first kappa shape index (κ1) is 20.2. The van der Waals surface area contributed by atoms with Crippen molar-refractivity contribution in [2.75, 3.05) is 11.9 Å². The van der Waals surface area contributed by atoms with Gasteiger partial charge >= 0.3 is 0 Å². The molecule has 1 amide bonds. The van der Waals surface area contributed by atoms with Crippen molar-refractivity contribution >= 4 is 38.6 Å². The molecule has 0 saturated heterocycles. The molecule has 1 aromatic heterocycles. The fraction of sp³-hybridized carbons (Fsp3) is 0.167. The van der Waals surface area contributed by atoms with Crippen LogP contribution < -0.4 is 10.1 Å². The van der Waals surface area contributed by atoms with Crippen molar-refractivity contribution in [2.24, 2.45) is 0 Å². The van der Waals surface area contributed by atoms with Crippen LogP contribution in [0.25, 0.3) is 22.6 Å². The van der Waals surface area contributed by atoms with Crippen molar-refractivity contribution in [1.82, 2.24) is 4.98 Å². The van der Waals surface area contributed by atoms with Crippen molar-refractivity contribution in [1.29, 1.82) is 0 Å². The quantitative estimate of drug-likeness (QED) is 0.309. The van der Waals surface area contributed by atoms with Crippen molar-refractivity contribution < 1.29 is 13.9 Å². The molecule has 1 heterocycles. The molecule has 5 nitrogen and oxygen atoms in total. The molecule has 6 heteroatoms. The van der Waals surface area contributed by atoms with Gasteiger partial charge in [0, 0.05) is 21.3 Å². The van der Waals surface area contributed by atoms with Crippen LogP contribution in [0.5, 0.6) is 5.75 Å². The summed E-state index contributed by atoms with van der Waals surface area (Å²) in [7, 11) is 0. The number of hydrogen-bond donors (Lipinski definition) is 1. The van der Waals surface area contributed by atoms with Crippen molar-refractivity contribution in [3.05, 3.63) is 76.8 Å². The van der Waals surface area contributed by atoms with Gasteiger partial charge < -0.3 is 14.5 Å². The third kappa shape index (κ3) is 4.71. The molecule has 0 aliphatic carbocycles. The summed E-state index contributed by atoms with van der Waals surface area (Å²) in [6.45, 7) is 2.76. The molecule has 1 N–H and O–H groups in total. The number of benzene rings is 3. The Labute approximate surface area is 183 Å². The van der Waals surface area contributed by atoms with Crippen LogP contribution in [0.3, 0.4) is 0 Å². The van der Waals surface area contributed by atoms with E-state index in [4.69, 9.17) is 9.15 Å². The summed E-state index contributed by atoms with van der Waals surface area (Å²) in [5.74, 6) is 1.03. The van der Waals surface area contributed by atoms with Gasteiger partial charge in [0.2, 0.25) is 5.89 Å². The minimum Gasteiger partial charge on any atom is -0.494 e. The van der Waals surface area contributed by atoms with Crippen LogP contribution in [0.4, 0.5) is 5.69 Å². The maximum absolute atomic E-state index is 12.7. The number of nitrogens with zero attached hydrogens (tertiary/aromatic N) is 1. The molecule has 0 aliphatic heterocycles. The lowest BCUT2D eigenvalue weighted by atomic mass is 10.2. The Bertz CT molecular complexity index is 1190. The Morgan fingerprint density at radius 3 is 2.80 bits per heavy atom. The molecule has 0 bridgehead atoms. The molecule has 152 valence electrons. The number of unbranched alkanes of at least 4 members (excludes halogenated alkanes) is 1. The molecule has 0 spiro atoms. The van der Waals surface area contributed by atoms with Crippen molar-refractivity contribution in [3.8, 4) is 17.2 Å². The molecule has 30 heavy (non-hydrogen) atoms. The van der Waals surface area contributed by atoms with E-state index in [1.165, 1.54) is 0 Å². The Morgan fingerprint density at radius 2 is 1.97 bits per heavy atom. The van der Waals surface area contributed by atoms with Gasteiger partial charge in [-0.1, -0.05) is 41.4 Å². The fourth-order valence-electron chi connectivity index (χ4n) is 3.01. The Kier molecular flexibility index (Phi) is 6.14. The van der Waals surface area contributed by atoms with Gasteiger partial charge in [0.1, 0.15) is 11.3 Å². The first-order chi connectivity index (χ1) is 14.6. The number of anilines is 1. The van der Waals surface area contributed by atoms with Gasteiger partial charge in [-0.15, -0.1) is 0 Å². The van der Waals surface area contributed by atoms with Crippen LogP contribution >= 0.6 is 15.9 Å². The van der Waals surface area contributed by atoms with Crippen LogP contribution in [0, 0.1) is 0 Å². The van der Waals surface area contributed by atoms with Crippen LogP contribution in [0.2, 0.25) is 0 Å². The van der Waals surface area contributed by atoms with E-state index in [9.17, 15) is 4.79 Å². The monoisotopic (exact) mass is 464 g/mol. The Morgan fingerprint density at radius 1 is 1.10 bits per heavy atom. The average Bonchev–Trinajstić information content (AvgIpc) is 3.18. The van der Waals surface area contributed by atoms with E-state index in [0.29, 0.717) is 40.6 Å². The second-order valence-corrected chi connectivity index (χ2v) is 7.81. The number of fused-ring (bicyclic) bond motifs is 1. The maximum atomic E-state index is 12.7. The lowest BCUT2D eigenvalue weighted by Crippen LogP contribution is -2.12. The summed E-state index contributed by atoms with van der Waals surface area (Å²) in [5.41, 5.74) is 3.41. The summed E-state index contributed by atoms with van der Waals surface area (Å²) in [6, 6.07) is 20.4. The lowest BCUT2D eigenvalue weighted by molar-refractivity contribution is 0.102. The van der Waals surface area contributed by atoms with Crippen LogP contribution in [-0.4, -0.2) is 17.5 Å². The van der Waals surface area contributed by atoms with Gasteiger partial charge in [-0.25, -0.2) is 4.98 Å². The average molecular weight is 465 g/mol. The van der Waals surface area contributed by atoms with E-state index in [-0.39, 0.29) is 5.91 Å². The van der Waals surface area contributed by atoms with E-state index < -0.39 is 0 Å². The number of amides is 1. The van der Waals surface area contributed by atoms with Gasteiger partial charge in [0.15, 0.2) is 5.58 Å². The van der Waals surface area contributed by atoms with Crippen LogP contribution in [-0.2, 0) is 0 Å². The summed E-state index contributed by atoms with van der Waals surface area (Å²) in [4.78, 5) is 17.2. The number of halogens is 1. The number of hydrogen-bond acceptors (Lipinski definition) is 4. The molecule has 0 unspecified atom stereocenters. The largest absolute Gasteiger partial charge is 0.494 e. The lowest BCUT2D eigenvalue weighted by Gasteiger charge is -2.08. The highest BCUT2D eigenvalue weighted by molar-refractivity contribution is 9.10. The smallest absolute Gasteiger partial charge is 0.255 e. The molecule has 0 radical (unpaired) electrons. The second kappa shape index (κ2) is 9.13. The molecular formula is C24H21BrN2O3. The van der Waals surface area contributed by atoms with Gasteiger partial charge in [-0.2, -0.15) is 0 Å². The maximum Gasteiger partial charge on any atom is 0.255 e. The van der Waals surface area contributed by atoms with Crippen molar-refractivity contribution in [2.45, 2.75) is 19.8 Å². The molecule has 3 aromatic carbocycles. The highest BCUT2D eigenvalue weighted by Gasteiger charge is 2.12. The Hall–Kier alpha value is -3.12. The first-order valence-electron chi connectivity index (χ1n) is 9.83. The minimum absolute atomic E-state index is 0.203. The van der Waals surface area contributed by atoms with Crippen LogP contribution in [0.15, 0.2) is 75.6 Å². The first-order valence-corrected chi connectivity index (χ1v) is 10.6. The van der Waals surface area contributed by atoms with Gasteiger partial charge in [0.25, 0.3) is 5.91 Å². The van der Waals surface area contributed by atoms with Gasteiger partial charge in [-0.3, -0.25) is 4.79 Å². The number of ether oxygens (including phenoxy) is 1. The number of carbonyl (C=O) groups excluding carboxylic acids is 1. The molecule has 0 saturated carbocycles. The van der Waals surface area contributed by atoms with E-state index in [1.807, 2.05) is 42.5 Å². The Balaban J connectivity index is 1.51. The van der Waals surface area contributed by atoms with E-state index >= 15 is 0 Å². The highest BCUT2D eigenvalue weighted by Crippen LogP contribution is 2.28. The summed E-state index contributed by atoms with van der Waals surface area (Å²) < 4.78 is 12.5. The summed E-state index contributed by atoms with van der Waals surface area (Å²) >= 11 is 3.46. The van der Waals surface area contributed by atoms with Gasteiger partial charge in [-0.05, 0) is 61.0 Å². The number of aromatic nitrogens is 1. The SMILES string of the molecule is CCCCOc1cccc(C(=O)Nc2ccc3oc(-c4cccc(Br)c4)nc3c2)c1. The number of oxazole rings is 1. The standard InChI is InChI=1S/C24H21BrN2O3/c1-2-3-12-29-20-9-5-6-16(14-20)23(28)26-19-10-11-22-21(15-19)27-24(30-22)17-7-4-8-18(25)13-17/h4-11,13-15H,2-3,12H2,1H3,(H,26,28). The fourth-order valence-corrected chi connectivity index (χ4v) is 3.41. The summed E-state index contributed by atoms with van der Waals surface area (Å²) in [5, 5.41) is 2.92. The summed E-state index contributed by atoms with van der Waals surface area (Å²) in [6.07, 6.45) is 2.05. The molecule has 4 aromatic rings. The minimum atomic E-state index is -0.203. The zero-order valence-corrected chi connectivity index (χ0v) is 18.1. The van der Waals surface area contributed by atoms with E-state index in [0.717, 1.165) is 22.9 Å². The van der Waals surface area contributed by atoms with Crippen LogP contribution in [0.1, 0.15) is 30.1 Å². The van der Waals surface area contributed by atoms with E-state index in [2.05, 4.69) is 33.2 Å². The third-order valence-electron chi connectivity index (χ3n) is 4.58. The number of carbonyl (C=O) groups is 1. The normalized spacial score (nSPS) is 10.9. The predicted octanol–water partition coefficient (Wildman–Crippen LogP) is 6.69. The zero-order valence-electron chi connectivity index (χ0n) is 16.5. The predicted molar refractivity (Wildman–Crippen MR) is 122 cm³/mol. The molecule has 4 rings (SSSR count). The molecule has 0 atom stereocenters. The number of nitrogens with one attached hydrogen (secondary N) is 1. The van der Waals surface area contributed by atoms with Crippen molar-refractivity contribution in [3.63, 3.8) is 0 Å². The third-order valence-corrected chi connectivity index (χ3v) is 5.07. The highest BCUT2D eigenvalue weighted by atomic mass is 79.9. The van der Waals surface area contributed by atoms with Gasteiger partial charge in [0.05, 0.1) is 6.61 Å². The molecular weight excluding hydrogens is 444 g/mol.